The lowest BCUT2D eigenvalue weighted by atomic mass is 9.92. The summed E-state index contributed by atoms with van der Waals surface area (Å²) in [5.74, 6) is 0.680. The Labute approximate surface area is 226 Å². The van der Waals surface area contributed by atoms with Crippen molar-refractivity contribution in [3.05, 3.63) is 86.3 Å². The van der Waals surface area contributed by atoms with E-state index in [4.69, 9.17) is 10.7 Å². The summed E-state index contributed by atoms with van der Waals surface area (Å²) in [6.07, 6.45) is 5.12. The molecule has 2 aromatic heterocycles. The highest BCUT2D eigenvalue weighted by molar-refractivity contribution is 9.10. The van der Waals surface area contributed by atoms with Gasteiger partial charge in [0.05, 0.1) is 16.6 Å². The predicted octanol–water partition coefficient (Wildman–Crippen LogP) is 6.26. The zero-order valence-electron chi connectivity index (χ0n) is 21.9. The van der Waals surface area contributed by atoms with Gasteiger partial charge in [-0.1, -0.05) is 49.2 Å². The van der Waals surface area contributed by atoms with Crippen LogP contribution in [0.4, 0.5) is 10.1 Å². The number of nitrogens with zero attached hydrogens (tertiary/aromatic N) is 2. The maximum Gasteiger partial charge on any atom is 0.258 e. The molecule has 0 aliphatic carbocycles. The van der Waals surface area contributed by atoms with Crippen LogP contribution in [0.2, 0.25) is 0 Å². The molecule has 8 heteroatoms. The molecule has 0 saturated heterocycles. The number of aromatic amines is 1. The summed E-state index contributed by atoms with van der Waals surface area (Å²) in [5, 5.41) is 3.80. The molecule has 6 nitrogen and oxygen atoms in total. The molecule has 2 aromatic carbocycles. The molecular formula is C29H35BrFN5O. The standard InChI is InChI=1S/C27H29BrFN5O.C2H6/c1-3-16(6-7-31-2)8-19-10-20(28)13-23-26(19)33-25(34-27(23)35)9-17-4-5-24(32-15-17)18-11-21(29)14-22(30)12-18;1-2/h4-5,10-16,31H,3,6-9,30H2,1-2H3,(H,33,34,35);1-2H3. The van der Waals surface area contributed by atoms with Crippen LogP contribution in [0.5, 0.6) is 0 Å². The van der Waals surface area contributed by atoms with Crippen molar-refractivity contribution >= 4 is 32.5 Å². The van der Waals surface area contributed by atoms with Crippen LogP contribution in [0.15, 0.2) is 57.9 Å². The van der Waals surface area contributed by atoms with E-state index in [1.165, 1.54) is 12.1 Å². The van der Waals surface area contributed by atoms with E-state index in [1.54, 1.807) is 12.3 Å². The van der Waals surface area contributed by atoms with Crippen molar-refractivity contribution in [2.45, 2.75) is 46.5 Å². The third kappa shape index (κ3) is 7.46. The topological polar surface area (TPSA) is 96.7 Å². The van der Waals surface area contributed by atoms with Crippen molar-refractivity contribution in [1.82, 2.24) is 20.3 Å². The third-order valence-electron chi connectivity index (χ3n) is 6.20. The van der Waals surface area contributed by atoms with Crippen LogP contribution in [-0.4, -0.2) is 28.5 Å². The molecule has 196 valence electrons. The minimum atomic E-state index is -0.400. The summed E-state index contributed by atoms with van der Waals surface area (Å²) in [4.78, 5) is 25.2. The minimum absolute atomic E-state index is 0.157. The lowest BCUT2D eigenvalue weighted by Crippen LogP contribution is -2.16. The van der Waals surface area contributed by atoms with Gasteiger partial charge in [0, 0.05) is 28.3 Å². The highest BCUT2D eigenvalue weighted by Crippen LogP contribution is 2.26. The van der Waals surface area contributed by atoms with E-state index < -0.39 is 5.82 Å². The number of halogens is 2. The normalized spacial score (nSPS) is 11.7. The van der Waals surface area contributed by atoms with Crippen LogP contribution in [0.3, 0.4) is 0 Å². The molecule has 1 unspecified atom stereocenters. The number of anilines is 1. The van der Waals surface area contributed by atoms with Crippen molar-refractivity contribution in [3.63, 3.8) is 0 Å². The number of hydrogen-bond donors (Lipinski definition) is 3. The van der Waals surface area contributed by atoms with Gasteiger partial charge in [0.1, 0.15) is 11.6 Å². The van der Waals surface area contributed by atoms with Gasteiger partial charge in [-0.25, -0.2) is 9.37 Å². The lowest BCUT2D eigenvalue weighted by Gasteiger charge is -2.16. The van der Waals surface area contributed by atoms with E-state index in [2.05, 4.69) is 44.2 Å². The number of aromatic nitrogens is 3. The maximum absolute atomic E-state index is 13.7. The number of H-pyrrole nitrogens is 1. The number of fused-ring (bicyclic) bond motifs is 1. The van der Waals surface area contributed by atoms with E-state index in [0.29, 0.717) is 40.5 Å². The van der Waals surface area contributed by atoms with Gasteiger partial charge in [0.2, 0.25) is 0 Å². The van der Waals surface area contributed by atoms with Gasteiger partial charge < -0.3 is 16.0 Å². The first-order valence-electron chi connectivity index (χ1n) is 12.7. The molecular weight excluding hydrogens is 533 g/mol. The molecule has 4 aromatic rings. The van der Waals surface area contributed by atoms with Gasteiger partial charge in [-0.3, -0.25) is 9.78 Å². The van der Waals surface area contributed by atoms with Gasteiger partial charge in [-0.05, 0) is 79.9 Å². The fraction of sp³-hybridized carbons (Fsp3) is 0.345. The minimum Gasteiger partial charge on any atom is -0.399 e. The third-order valence-corrected chi connectivity index (χ3v) is 6.66. The Morgan fingerprint density at radius 3 is 2.59 bits per heavy atom. The first-order chi connectivity index (χ1) is 17.9. The SMILES string of the molecule is CC.CCC(CCNC)Cc1cc(Br)cc2c(=O)[nH]c(Cc3ccc(-c4cc(N)cc(F)c4)nc3)nc12. The smallest absolute Gasteiger partial charge is 0.258 e. The Kier molecular flexibility index (Phi) is 10.3. The molecule has 4 N–H and O–H groups in total. The Morgan fingerprint density at radius 1 is 1.16 bits per heavy atom. The van der Waals surface area contributed by atoms with Gasteiger partial charge in [0.25, 0.3) is 5.56 Å². The molecule has 0 aliphatic heterocycles. The fourth-order valence-electron chi connectivity index (χ4n) is 4.32. The number of benzene rings is 2. The lowest BCUT2D eigenvalue weighted by molar-refractivity contribution is 0.459. The number of hydrogen-bond acceptors (Lipinski definition) is 5. The van der Waals surface area contributed by atoms with Crippen molar-refractivity contribution in [1.29, 1.82) is 0 Å². The number of nitrogens with two attached hydrogens (primary N) is 1. The number of nitrogens with one attached hydrogen (secondary N) is 2. The predicted molar refractivity (Wildman–Crippen MR) is 154 cm³/mol. The average Bonchev–Trinajstić information content (AvgIpc) is 2.88. The molecule has 1 atom stereocenters. The first kappa shape index (κ1) is 28.5. The highest BCUT2D eigenvalue weighted by atomic mass is 79.9. The van der Waals surface area contributed by atoms with Crippen LogP contribution in [-0.2, 0) is 12.8 Å². The number of rotatable bonds is 9. The van der Waals surface area contributed by atoms with Crippen molar-refractivity contribution in [2.24, 2.45) is 5.92 Å². The van der Waals surface area contributed by atoms with Crippen LogP contribution in [0.1, 0.15) is 50.6 Å². The van der Waals surface area contributed by atoms with E-state index in [0.717, 1.165) is 46.9 Å². The van der Waals surface area contributed by atoms with Crippen molar-refractivity contribution in [3.8, 4) is 11.3 Å². The Morgan fingerprint density at radius 2 is 1.95 bits per heavy atom. The zero-order chi connectivity index (χ0) is 26.9. The van der Waals surface area contributed by atoms with E-state index >= 15 is 0 Å². The van der Waals surface area contributed by atoms with Crippen molar-refractivity contribution in [2.75, 3.05) is 19.3 Å². The van der Waals surface area contributed by atoms with Gasteiger partial charge >= 0.3 is 0 Å². The molecule has 0 saturated carbocycles. The summed E-state index contributed by atoms with van der Waals surface area (Å²) < 4.78 is 14.6. The second-order valence-corrected chi connectivity index (χ2v) is 9.76. The van der Waals surface area contributed by atoms with Crippen LogP contribution in [0, 0.1) is 11.7 Å². The summed E-state index contributed by atoms with van der Waals surface area (Å²) in [7, 11) is 1.96. The molecule has 0 bridgehead atoms. The quantitative estimate of drug-likeness (QED) is 0.207. The Hall–Kier alpha value is -3.10. The second-order valence-electron chi connectivity index (χ2n) is 8.85. The maximum atomic E-state index is 13.7. The molecule has 4 rings (SSSR count). The second kappa shape index (κ2) is 13.4. The molecule has 0 amide bonds. The molecule has 2 heterocycles. The number of nitrogen functional groups attached to an aromatic ring is 1. The molecule has 0 radical (unpaired) electrons. The average molecular weight is 569 g/mol. The fourth-order valence-corrected chi connectivity index (χ4v) is 4.83. The first-order valence-corrected chi connectivity index (χ1v) is 13.5. The van der Waals surface area contributed by atoms with Crippen LogP contribution < -0.4 is 16.6 Å². The molecule has 0 fully saturated rings. The summed E-state index contributed by atoms with van der Waals surface area (Å²) in [5.41, 5.74) is 9.89. The summed E-state index contributed by atoms with van der Waals surface area (Å²) in [6, 6.07) is 12.0. The van der Waals surface area contributed by atoms with Crippen LogP contribution in [0.25, 0.3) is 22.2 Å². The molecule has 0 spiro atoms. The number of pyridine rings is 1. The van der Waals surface area contributed by atoms with E-state index in [9.17, 15) is 9.18 Å². The Bertz CT molecular complexity index is 1370. The Balaban J connectivity index is 0.00000186. The highest BCUT2D eigenvalue weighted by Gasteiger charge is 2.15. The largest absolute Gasteiger partial charge is 0.399 e. The molecule has 37 heavy (non-hydrogen) atoms. The molecule has 0 aliphatic rings. The van der Waals surface area contributed by atoms with Crippen LogP contribution >= 0.6 is 15.9 Å². The van der Waals surface area contributed by atoms with Gasteiger partial charge in [-0.15, -0.1) is 0 Å². The van der Waals surface area contributed by atoms with Gasteiger partial charge in [0.15, 0.2) is 0 Å². The summed E-state index contributed by atoms with van der Waals surface area (Å²) in [6.45, 7) is 7.15. The summed E-state index contributed by atoms with van der Waals surface area (Å²) >= 11 is 3.56. The monoisotopic (exact) mass is 567 g/mol. The zero-order valence-corrected chi connectivity index (χ0v) is 23.5. The van der Waals surface area contributed by atoms with Crippen molar-refractivity contribution < 1.29 is 4.39 Å². The van der Waals surface area contributed by atoms with E-state index in [1.807, 2.05) is 39.1 Å². The van der Waals surface area contributed by atoms with Gasteiger partial charge in [-0.2, -0.15) is 0 Å². The van der Waals surface area contributed by atoms with E-state index in [-0.39, 0.29) is 5.56 Å².